The maximum atomic E-state index is 13.4. The summed E-state index contributed by atoms with van der Waals surface area (Å²) in [5.41, 5.74) is 2.07. The van der Waals surface area contributed by atoms with E-state index in [-0.39, 0.29) is 24.4 Å². The highest BCUT2D eigenvalue weighted by Crippen LogP contribution is 2.24. The van der Waals surface area contributed by atoms with Crippen molar-refractivity contribution < 1.29 is 18.8 Å². The molecule has 0 aliphatic carbocycles. The number of anilines is 1. The number of aryl methyl sites for hydroxylation is 1. The van der Waals surface area contributed by atoms with E-state index in [9.17, 15) is 18.8 Å². The fourth-order valence-electron chi connectivity index (χ4n) is 4.02. The smallest absolute Gasteiger partial charge is 0.319 e. The van der Waals surface area contributed by atoms with Gasteiger partial charge in [-0.25, -0.2) is 9.18 Å². The topological polar surface area (TPSA) is 90.5 Å². The number of amides is 4. The van der Waals surface area contributed by atoms with Crippen molar-refractivity contribution in [2.75, 3.05) is 11.9 Å². The van der Waals surface area contributed by atoms with Gasteiger partial charge in [0.05, 0.1) is 6.04 Å². The highest BCUT2D eigenvalue weighted by atomic mass is 19.1. The Morgan fingerprint density at radius 3 is 2.73 bits per heavy atom. The molecular weight excluding hydrogens is 387 g/mol. The lowest BCUT2D eigenvalue weighted by atomic mass is 10.0. The van der Waals surface area contributed by atoms with Crippen LogP contribution in [0.1, 0.15) is 17.5 Å². The number of fused-ring (bicyclic) bond motifs is 1. The normalized spacial score (nSPS) is 23.0. The van der Waals surface area contributed by atoms with Gasteiger partial charge in [0.1, 0.15) is 17.9 Å². The summed E-state index contributed by atoms with van der Waals surface area (Å²) in [5, 5.41) is 8.23. The molecule has 0 spiro atoms. The van der Waals surface area contributed by atoms with Crippen LogP contribution in [0.2, 0.25) is 0 Å². The Morgan fingerprint density at radius 1 is 1.20 bits per heavy atom. The third-order valence-corrected chi connectivity index (χ3v) is 5.57. The zero-order valence-corrected chi connectivity index (χ0v) is 16.5. The summed E-state index contributed by atoms with van der Waals surface area (Å²) in [6.07, 6.45) is 0.761. The molecule has 0 radical (unpaired) electrons. The van der Waals surface area contributed by atoms with Crippen LogP contribution >= 0.6 is 0 Å². The molecule has 0 unspecified atom stereocenters. The van der Waals surface area contributed by atoms with Gasteiger partial charge in [-0.2, -0.15) is 0 Å². The van der Waals surface area contributed by atoms with Gasteiger partial charge in [-0.15, -0.1) is 0 Å². The third kappa shape index (κ3) is 4.12. The van der Waals surface area contributed by atoms with Crippen LogP contribution in [0.5, 0.6) is 0 Å². The number of nitrogens with one attached hydrogen (secondary N) is 3. The Balaban J connectivity index is 1.38. The standard InChI is InChI=1S/C22H23FN4O3/c1-13-7-8-15(23)10-17(13)26-22(30)24-16-11-19-20(28)25-18(21(29)27(19)12-16)9-14-5-3-2-4-6-14/h2-8,10,16,18-19H,9,11-12H2,1H3,(H,25,28)(H2,24,26,30)/t16-,18+,19-/m0/s1. The highest BCUT2D eigenvalue weighted by Gasteiger charge is 2.46. The largest absolute Gasteiger partial charge is 0.342 e. The summed E-state index contributed by atoms with van der Waals surface area (Å²) in [6, 6.07) is 11.6. The number of hydrogen-bond acceptors (Lipinski definition) is 3. The summed E-state index contributed by atoms with van der Waals surface area (Å²) in [6.45, 7) is 2.03. The second kappa shape index (κ2) is 8.14. The zero-order valence-electron chi connectivity index (χ0n) is 16.5. The van der Waals surface area contributed by atoms with E-state index in [1.54, 1.807) is 17.9 Å². The van der Waals surface area contributed by atoms with Gasteiger partial charge in [-0.3, -0.25) is 9.59 Å². The average molecular weight is 410 g/mol. The summed E-state index contributed by atoms with van der Waals surface area (Å²) in [7, 11) is 0. The van der Waals surface area contributed by atoms with E-state index in [1.165, 1.54) is 12.1 Å². The van der Waals surface area contributed by atoms with Gasteiger partial charge < -0.3 is 20.9 Å². The molecule has 156 valence electrons. The molecule has 0 aromatic heterocycles. The predicted octanol–water partition coefficient (Wildman–Crippen LogP) is 1.97. The number of urea groups is 1. The molecule has 2 fully saturated rings. The van der Waals surface area contributed by atoms with Crippen molar-refractivity contribution in [3.63, 3.8) is 0 Å². The van der Waals surface area contributed by atoms with Gasteiger partial charge in [0.2, 0.25) is 11.8 Å². The molecule has 2 aliphatic heterocycles. The van der Waals surface area contributed by atoms with E-state index in [2.05, 4.69) is 16.0 Å². The van der Waals surface area contributed by atoms with Crippen LogP contribution in [0.4, 0.5) is 14.9 Å². The molecule has 0 saturated carbocycles. The fraction of sp³-hybridized carbons (Fsp3) is 0.318. The summed E-state index contributed by atoms with van der Waals surface area (Å²) < 4.78 is 13.4. The molecule has 2 saturated heterocycles. The molecule has 4 amide bonds. The number of benzene rings is 2. The molecule has 3 N–H and O–H groups in total. The molecule has 2 aliphatic rings. The highest BCUT2D eigenvalue weighted by molar-refractivity contribution is 5.98. The van der Waals surface area contributed by atoms with Crippen LogP contribution in [-0.2, 0) is 16.0 Å². The molecule has 8 heteroatoms. The molecule has 2 heterocycles. The Labute approximate surface area is 173 Å². The first-order chi connectivity index (χ1) is 14.4. The number of halogens is 1. The van der Waals surface area contributed by atoms with Crippen LogP contribution in [0.25, 0.3) is 0 Å². The summed E-state index contributed by atoms with van der Waals surface area (Å²) in [4.78, 5) is 39.4. The molecule has 2 aromatic carbocycles. The molecule has 30 heavy (non-hydrogen) atoms. The number of carbonyl (C=O) groups excluding carboxylic acids is 3. The minimum atomic E-state index is -0.612. The maximum Gasteiger partial charge on any atom is 0.319 e. The van der Waals surface area contributed by atoms with Gasteiger partial charge in [0, 0.05) is 18.7 Å². The molecule has 2 aromatic rings. The van der Waals surface area contributed by atoms with Crippen LogP contribution in [0.15, 0.2) is 48.5 Å². The minimum Gasteiger partial charge on any atom is -0.342 e. The van der Waals surface area contributed by atoms with Gasteiger partial charge in [-0.05, 0) is 36.6 Å². The molecular formula is C22H23FN4O3. The first-order valence-corrected chi connectivity index (χ1v) is 9.89. The number of carbonyl (C=O) groups is 3. The van der Waals surface area contributed by atoms with Gasteiger partial charge in [-0.1, -0.05) is 36.4 Å². The lowest BCUT2D eigenvalue weighted by Gasteiger charge is -2.34. The van der Waals surface area contributed by atoms with Crippen molar-refractivity contribution in [3.8, 4) is 0 Å². The lowest BCUT2D eigenvalue weighted by molar-refractivity contribution is -0.147. The fourth-order valence-corrected chi connectivity index (χ4v) is 4.02. The van der Waals surface area contributed by atoms with Crippen molar-refractivity contribution in [1.29, 1.82) is 0 Å². The quantitative estimate of drug-likeness (QED) is 0.720. The van der Waals surface area contributed by atoms with E-state index in [4.69, 9.17) is 0 Å². The van der Waals surface area contributed by atoms with Crippen molar-refractivity contribution >= 4 is 23.5 Å². The maximum absolute atomic E-state index is 13.4. The Bertz CT molecular complexity index is 982. The predicted molar refractivity (Wildman–Crippen MR) is 109 cm³/mol. The zero-order chi connectivity index (χ0) is 21.3. The molecule has 4 rings (SSSR count). The van der Waals surface area contributed by atoms with Crippen LogP contribution in [0.3, 0.4) is 0 Å². The van der Waals surface area contributed by atoms with Gasteiger partial charge in [0.15, 0.2) is 0 Å². The minimum absolute atomic E-state index is 0.144. The SMILES string of the molecule is Cc1ccc(F)cc1NC(=O)N[C@H]1C[C@H]2C(=O)N[C@H](Cc3ccccc3)C(=O)N2C1. The monoisotopic (exact) mass is 410 g/mol. The Kier molecular flexibility index (Phi) is 5.39. The van der Waals surface area contributed by atoms with Crippen LogP contribution in [0, 0.1) is 12.7 Å². The molecule has 7 nitrogen and oxygen atoms in total. The number of nitrogens with zero attached hydrogens (tertiary/aromatic N) is 1. The van der Waals surface area contributed by atoms with Gasteiger partial charge in [0.25, 0.3) is 0 Å². The van der Waals surface area contributed by atoms with E-state index >= 15 is 0 Å². The average Bonchev–Trinajstić information content (AvgIpc) is 3.14. The van der Waals surface area contributed by atoms with Crippen molar-refractivity contribution in [1.82, 2.24) is 15.5 Å². The van der Waals surface area contributed by atoms with Crippen molar-refractivity contribution in [2.45, 2.75) is 37.9 Å². The van der Waals surface area contributed by atoms with Crippen molar-refractivity contribution in [2.24, 2.45) is 0 Å². The molecule has 0 bridgehead atoms. The number of hydrogen-bond donors (Lipinski definition) is 3. The second-order valence-corrected chi connectivity index (χ2v) is 7.75. The van der Waals surface area contributed by atoms with E-state index in [0.717, 1.165) is 11.1 Å². The first-order valence-electron chi connectivity index (χ1n) is 9.89. The number of piperazine rings is 1. The van der Waals surface area contributed by atoms with Crippen LogP contribution in [-0.4, -0.2) is 47.4 Å². The lowest BCUT2D eigenvalue weighted by Crippen LogP contribution is -2.61. The van der Waals surface area contributed by atoms with E-state index in [0.29, 0.717) is 18.5 Å². The van der Waals surface area contributed by atoms with E-state index < -0.39 is 23.9 Å². The summed E-state index contributed by atoms with van der Waals surface area (Å²) >= 11 is 0. The summed E-state index contributed by atoms with van der Waals surface area (Å²) in [5.74, 6) is -0.795. The third-order valence-electron chi connectivity index (χ3n) is 5.57. The first kappa shape index (κ1) is 19.9. The number of rotatable bonds is 4. The Morgan fingerprint density at radius 2 is 1.97 bits per heavy atom. The van der Waals surface area contributed by atoms with Crippen LogP contribution < -0.4 is 16.0 Å². The molecule has 3 atom stereocenters. The van der Waals surface area contributed by atoms with E-state index in [1.807, 2.05) is 30.3 Å². The van der Waals surface area contributed by atoms with Crippen molar-refractivity contribution in [3.05, 3.63) is 65.5 Å². The Hall–Kier alpha value is -3.42. The second-order valence-electron chi connectivity index (χ2n) is 7.75. The van der Waals surface area contributed by atoms with Gasteiger partial charge >= 0.3 is 6.03 Å².